The van der Waals surface area contributed by atoms with Gasteiger partial charge in [-0.2, -0.15) is 0 Å². The molecule has 3 rings (SSSR count). The highest BCUT2D eigenvalue weighted by molar-refractivity contribution is 7.84. The van der Waals surface area contributed by atoms with Crippen LogP contribution >= 0.6 is 11.3 Å². The third-order valence-corrected chi connectivity index (χ3v) is 8.05. The topological polar surface area (TPSA) is 63.7 Å². The number of thiophene rings is 1. The minimum absolute atomic E-state index is 0.0245. The molecule has 31 heavy (non-hydrogen) atoms. The van der Waals surface area contributed by atoms with Gasteiger partial charge >= 0.3 is 5.97 Å². The second-order valence-corrected chi connectivity index (χ2v) is 11.0. The van der Waals surface area contributed by atoms with Crippen molar-refractivity contribution in [1.82, 2.24) is 0 Å². The van der Waals surface area contributed by atoms with E-state index in [1.807, 2.05) is 37.3 Å². The average Bonchev–Trinajstić information content (AvgIpc) is 3.18. The van der Waals surface area contributed by atoms with Crippen molar-refractivity contribution in [3.8, 4) is 10.4 Å². The Morgan fingerprint density at radius 1 is 1.19 bits per heavy atom. The first-order valence-electron chi connectivity index (χ1n) is 10.7. The van der Waals surface area contributed by atoms with Gasteiger partial charge in [-0.3, -0.25) is 13.9 Å². The minimum Gasteiger partial charge on any atom is -0.465 e. The van der Waals surface area contributed by atoms with E-state index in [0.29, 0.717) is 22.2 Å². The normalized spacial score (nSPS) is 20.6. The molecule has 7 heteroatoms. The van der Waals surface area contributed by atoms with E-state index in [1.165, 1.54) is 18.4 Å². The third kappa shape index (κ3) is 5.63. The van der Waals surface area contributed by atoms with Crippen LogP contribution in [0.15, 0.2) is 36.4 Å². The van der Waals surface area contributed by atoms with E-state index in [2.05, 4.69) is 6.92 Å². The summed E-state index contributed by atoms with van der Waals surface area (Å²) >= 11 is 1.42. The number of hydrogen-bond donors (Lipinski definition) is 0. The summed E-state index contributed by atoms with van der Waals surface area (Å²) in [6, 6.07) is 11.3. The second-order valence-electron chi connectivity index (χ2n) is 8.44. The number of anilines is 1. The number of rotatable bonds is 7. The van der Waals surface area contributed by atoms with Crippen LogP contribution in [0.3, 0.4) is 0 Å². The van der Waals surface area contributed by atoms with Crippen LogP contribution in [0.2, 0.25) is 0 Å². The van der Waals surface area contributed by atoms with E-state index in [4.69, 9.17) is 4.74 Å². The zero-order chi connectivity index (χ0) is 22.5. The van der Waals surface area contributed by atoms with E-state index < -0.39 is 16.8 Å². The fraction of sp³-hybridized carbons (Fsp3) is 0.500. The van der Waals surface area contributed by atoms with E-state index in [1.54, 1.807) is 17.2 Å². The molecule has 1 fully saturated rings. The summed E-state index contributed by atoms with van der Waals surface area (Å²) in [6.45, 7) is 4.13. The molecule has 1 aromatic carbocycles. The van der Waals surface area contributed by atoms with Crippen LogP contribution < -0.4 is 4.90 Å². The fourth-order valence-electron chi connectivity index (χ4n) is 4.20. The van der Waals surface area contributed by atoms with Crippen molar-refractivity contribution in [2.45, 2.75) is 45.6 Å². The predicted octanol–water partition coefficient (Wildman–Crippen LogP) is 5.13. The van der Waals surface area contributed by atoms with Crippen molar-refractivity contribution in [1.29, 1.82) is 0 Å². The van der Waals surface area contributed by atoms with Gasteiger partial charge in [0.15, 0.2) is 0 Å². The second kappa shape index (κ2) is 10.6. The molecule has 0 spiro atoms. The number of hydrogen-bond acceptors (Lipinski definition) is 5. The maximum absolute atomic E-state index is 13.7. The number of ether oxygens (including phenoxy) is 1. The Bertz CT molecular complexity index is 932. The Hall–Kier alpha value is -1.99. The quantitative estimate of drug-likeness (QED) is 0.537. The van der Waals surface area contributed by atoms with Crippen molar-refractivity contribution in [2.24, 2.45) is 11.8 Å². The molecular weight excluding hydrogens is 430 g/mol. The van der Waals surface area contributed by atoms with Crippen molar-refractivity contribution in [2.75, 3.05) is 24.0 Å². The van der Waals surface area contributed by atoms with Crippen molar-refractivity contribution < 1.29 is 18.5 Å². The molecule has 168 valence electrons. The average molecular weight is 462 g/mol. The molecule has 0 radical (unpaired) electrons. The van der Waals surface area contributed by atoms with E-state index >= 15 is 0 Å². The van der Waals surface area contributed by atoms with Gasteiger partial charge in [-0.15, -0.1) is 11.3 Å². The highest BCUT2D eigenvalue weighted by Gasteiger charge is 2.35. The SMILES string of the molecule is COC(=O)c1cc(-c2ccccc2)sc1N(C(=O)C1CCC(C)CC1)C(C)CS(C)=O. The van der Waals surface area contributed by atoms with Crippen molar-refractivity contribution in [3.63, 3.8) is 0 Å². The molecule has 1 amide bonds. The molecule has 0 N–H and O–H groups in total. The summed E-state index contributed by atoms with van der Waals surface area (Å²) < 4.78 is 17.1. The first-order valence-corrected chi connectivity index (χ1v) is 13.3. The molecule has 0 bridgehead atoms. The maximum Gasteiger partial charge on any atom is 0.340 e. The molecule has 1 aliphatic carbocycles. The first-order chi connectivity index (χ1) is 14.8. The van der Waals surface area contributed by atoms with Gasteiger partial charge in [0.05, 0.1) is 12.7 Å². The number of nitrogens with zero attached hydrogens (tertiary/aromatic N) is 1. The molecule has 2 aromatic rings. The molecule has 0 aliphatic heterocycles. The Kier molecular flexibility index (Phi) is 8.06. The Morgan fingerprint density at radius 3 is 2.42 bits per heavy atom. The van der Waals surface area contributed by atoms with Crippen molar-refractivity contribution >= 4 is 39.0 Å². The molecule has 5 nitrogen and oxygen atoms in total. The molecular formula is C24H31NO4S2. The van der Waals surface area contributed by atoms with E-state index in [0.717, 1.165) is 36.1 Å². The lowest BCUT2D eigenvalue weighted by Gasteiger charge is -2.34. The highest BCUT2D eigenvalue weighted by atomic mass is 32.2. The molecule has 1 aromatic heterocycles. The summed E-state index contributed by atoms with van der Waals surface area (Å²) in [7, 11) is 0.281. The molecule has 1 aliphatic rings. The number of methoxy groups -OCH3 is 1. The van der Waals surface area contributed by atoms with Crippen LogP contribution in [-0.4, -0.2) is 41.2 Å². The van der Waals surface area contributed by atoms with Gasteiger partial charge in [0, 0.05) is 39.6 Å². The Morgan fingerprint density at radius 2 is 1.84 bits per heavy atom. The molecule has 2 atom stereocenters. The van der Waals surface area contributed by atoms with Gasteiger partial charge in [0.1, 0.15) is 5.00 Å². The summed E-state index contributed by atoms with van der Waals surface area (Å²) in [6.07, 6.45) is 5.40. The van der Waals surface area contributed by atoms with Gasteiger partial charge in [-0.25, -0.2) is 4.79 Å². The van der Waals surface area contributed by atoms with Gasteiger partial charge in [0.25, 0.3) is 0 Å². The van der Waals surface area contributed by atoms with Gasteiger partial charge in [0.2, 0.25) is 5.91 Å². The Balaban J connectivity index is 2.06. The van der Waals surface area contributed by atoms with Crippen LogP contribution in [0.4, 0.5) is 5.00 Å². The van der Waals surface area contributed by atoms with Crippen LogP contribution in [0.25, 0.3) is 10.4 Å². The van der Waals surface area contributed by atoms with Gasteiger partial charge in [-0.1, -0.05) is 37.3 Å². The summed E-state index contributed by atoms with van der Waals surface area (Å²) in [4.78, 5) is 29.0. The lowest BCUT2D eigenvalue weighted by atomic mass is 9.82. The lowest BCUT2D eigenvalue weighted by Crippen LogP contribution is -2.45. The number of amides is 1. The fourth-order valence-corrected chi connectivity index (χ4v) is 6.28. The first kappa shape index (κ1) is 23.7. The lowest BCUT2D eigenvalue weighted by molar-refractivity contribution is -0.123. The largest absolute Gasteiger partial charge is 0.465 e. The zero-order valence-electron chi connectivity index (χ0n) is 18.6. The monoisotopic (exact) mass is 461 g/mol. The van der Waals surface area contributed by atoms with Gasteiger partial charge < -0.3 is 4.74 Å². The highest BCUT2D eigenvalue weighted by Crippen LogP contribution is 2.41. The summed E-state index contributed by atoms with van der Waals surface area (Å²) in [5.41, 5.74) is 1.37. The number of benzene rings is 1. The maximum atomic E-state index is 13.7. The summed E-state index contributed by atoms with van der Waals surface area (Å²) in [5.74, 6) is 0.477. The summed E-state index contributed by atoms with van der Waals surface area (Å²) in [5, 5.41) is 0.590. The minimum atomic E-state index is -1.07. The van der Waals surface area contributed by atoms with Gasteiger partial charge in [-0.05, 0) is 50.2 Å². The molecule has 2 unspecified atom stereocenters. The number of esters is 1. The van der Waals surface area contributed by atoms with Crippen molar-refractivity contribution in [3.05, 3.63) is 42.0 Å². The molecule has 1 heterocycles. The molecule has 1 saturated carbocycles. The third-order valence-electron chi connectivity index (χ3n) is 5.91. The van der Waals surface area contributed by atoms with Crippen LogP contribution in [0, 0.1) is 11.8 Å². The standard InChI is InChI=1S/C24H31NO4S2/c1-16-10-12-19(13-11-16)22(26)25(17(2)15-31(4)28)23-20(24(27)29-3)14-21(30-23)18-8-6-5-7-9-18/h5-9,14,16-17,19H,10-13,15H2,1-4H3. The Labute approximate surface area is 191 Å². The van der Waals surface area contributed by atoms with Crippen LogP contribution in [-0.2, 0) is 20.3 Å². The predicted molar refractivity (Wildman–Crippen MR) is 128 cm³/mol. The smallest absolute Gasteiger partial charge is 0.340 e. The van der Waals surface area contributed by atoms with E-state index in [-0.39, 0.29) is 17.9 Å². The van der Waals surface area contributed by atoms with Crippen LogP contribution in [0.5, 0.6) is 0 Å². The molecule has 0 saturated heterocycles. The van der Waals surface area contributed by atoms with E-state index in [9.17, 15) is 13.8 Å². The number of carbonyl (C=O) groups is 2. The number of carbonyl (C=O) groups excluding carboxylic acids is 2. The van der Waals surface area contributed by atoms with Crippen LogP contribution in [0.1, 0.15) is 49.9 Å². The zero-order valence-corrected chi connectivity index (χ0v) is 20.3.